The van der Waals surface area contributed by atoms with E-state index in [1.165, 1.54) is 0 Å². The summed E-state index contributed by atoms with van der Waals surface area (Å²) in [6.45, 7) is 1.15. The maximum absolute atomic E-state index is 12.5. The van der Waals surface area contributed by atoms with E-state index >= 15 is 0 Å². The number of rotatable bonds is 1. The third-order valence-electron chi connectivity index (χ3n) is 1.80. The molecule has 84 valence electrons. The standard InChI is InChI=1S/C8H5F5IN/c1-3-4(14)2-15-6(7(9)10)5(3)8(11,12)13/h2,7H,1H3. The van der Waals surface area contributed by atoms with Crippen LogP contribution in [0.3, 0.4) is 0 Å². The van der Waals surface area contributed by atoms with E-state index in [0.29, 0.717) is 0 Å². The molecule has 0 aliphatic rings. The molecule has 0 radical (unpaired) electrons. The first kappa shape index (κ1) is 12.6. The van der Waals surface area contributed by atoms with Gasteiger partial charge in [0, 0.05) is 9.77 Å². The summed E-state index contributed by atoms with van der Waals surface area (Å²) in [4.78, 5) is 3.13. The van der Waals surface area contributed by atoms with E-state index in [-0.39, 0.29) is 9.13 Å². The molecule has 0 saturated heterocycles. The molecule has 15 heavy (non-hydrogen) atoms. The third kappa shape index (κ3) is 2.56. The molecule has 1 heterocycles. The van der Waals surface area contributed by atoms with E-state index in [9.17, 15) is 22.0 Å². The summed E-state index contributed by atoms with van der Waals surface area (Å²) < 4.78 is 62.2. The fraction of sp³-hybridized carbons (Fsp3) is 0.375. The molecule has 1 nitrogen and oxygen atoms in total. The predicted octanol–water partition coefficient (Wildman–Crippen LogP) is 3.95. The Labute approximate surface area is 95.8 Å². The van der Waals surface area contributed by atoms with E-state index in [2.05, 4.69) is 4.98 Å². The van der Waals surface area contributed by atoms with E-state index < -0.39 is 23.9 Å². The summed E-state index contributed by atoms with van der Waals surface area (Å²) in [5.74, 6) is 0. The lowest BCUT2D eigenvalue weighted by atomic mass is 10.1. The monoisotopic (exact) mass is 337 g/mol. The molecule has 0 aliphatic heterocycles. The number of pyridine rings is 1. The van der Waals surface area contributed by atoms with Crippen LogP contribution < -0.4 is 0 Å². The Morgan fingerprint density at radius 3 is 2.27 bits per heavy atom. The summed E-state index contributed by atoms with van der Waals surface area (Å²) in [6.07, 6.45) is -7.02. The number of halogens is 6. The highest BCUT2D eigenvalue weighted by Crippen LogP contribution is 2.38. The molecule has 0 fully saturated rings. The zero-order chi connectivity index (χ0) is 11.8. The molecule has 1 aromatic rings. The molecular weight excluding hydrogens is 332 g/mol. The molecule has 0 atom stereocenters. The van der Waals surface area contributed by atoms with Crippen LogP contribution in [-0.2, 0) is 6.18 Å². The van der Waals surface area contributed by atoms with Gasteiger partial charge in [0.05, 0.1) is 5.56 Å². The predicted molar refractivity (Wildman–Crippen MR) is 51.6 cm³/mol. The zero-order valence-corrected chi connectivity index (χ0v) is 9.53. The van der Waals surface area contributed by atoms with Crippen LogP contribution in [0.15, 0.2) is 6.20 Å². The Balaban J connectivity index is 3.49. The van der Waals surface area contributed by atoms with Gasteiger partial charge in [-0.25, -0.2) is 8.78 Å². The van der Waals surface area contributed by atoms with E-state index in [0.717, 1.165) is 13.1 Å². The largest absolute Gasteiger partial charge is 0.418 e. The maximum Gasteiger partial charge on any atom is 0.418 e. The van der Waals surface area contributed by atoms with Crippen molar-refractivity contribution >= 4 is 22.6 Å². The number of alkyl halides is 5. The number of aromatic nitrogens is 1. The van der Waals surface area contributed by atoms with E-state index in [1.807, 2.05) is 0 Å². The SMILES string of the molecule is Cc1c(I)cnc(C(F)F)c1C(F)(F)F. The average Bonchev–Trinajstić information content (AvgIpc) is 2.06. The van der Waals surface area contributed by atoms with Crippen molar-refractivity contribution in [3.05, 3.63) is 26.6 Å². The van der Waals surface area contributed by atoms with Crippen LogP contribution in [-0.4, -0.2) is 4.98 Å². The highest BCUT2D eigenvalue weighted by Gasteiger charge is 2.39. The topological polar surface area (TPSA) is 12.9 Å². The van der Waals surface area contributed by atoms with Gasteiger partial charge in [0.2, 0.25) is 0 Å². The summed E-state index contributed by atoms with van der Waals surface area (Å²) in [6, 6.07) is 0. The van der Waals surface area contributed by atoms with Crippen molar-refractivity contribution in [3.8, 4) is 0 Å². The first-order chi connectivity index (χ1) is 6.75. The number of hydrogen-bond acceptors (Lipinski definition) is 1. The zero-order valence-electron chi connectivity index (χ0n) is 7.37. The van der Waals surface area contributed by atoms with Crippen molar-refractivity contribution in [1.82, 2.24) is 4.98 Å². The van der Waals surface area contributed by atoms with Gasteiger partial charge in [-0.15, -0.1) is 0 Å². The van der Waals surface area contributed by atoms with Gasteiger partial charge in [-0.3, -0.25) is 4.98 Å². The summed E-state index contributed by atoms with van der Waals surface area (Å²) in [7, 11) is 0. The van der Waals surface area contributed by atoms with Crippen LogP contribution in [0.5, 0.6) is 0 Å². The van der Waals surface area contributed by atoms with Gasteiger partial charge in [0.15, 0.2) is 0 Å². The highest BCUT2D eigenvalue weighted by atomic mass is 127. The fourth-order valence-electron chi connectivity index (χ4n) is 1.12. The summed E-state index contributed by atoms with van der Waals surface area (Å²) >= 11 is 1.62. The Hall–Kier alpha value is -0.470. The molecule has 0 aromatic carbocycles. The van der Waals surface area contributed by atoms with Gasteiger partial charge in [0.25, 0.3) is 6.43 Å². The summed E-state index contributed by atoms with van der Waals surface area (Å²) in [5, 5.41) is 0. The Kier molecular flexibility index (Phi) is 3.51. The van der Waals surface area contributed by atoms with Gasteiger partial charge in [-0.1, -0.05) is 0 Å². The van der Waals surface area contributed by atoms with E-state index in [4.69, 9.17) is 0 Å². The molecule has 0 spiro atoms. The van der Waals surface area contributed by atoms with Crippen molar-refractivity contribution < 1.29 is 22.0 Å². The highest BCUT2D eigenvalue weighted by molar-refractivity contribution is 14.1. The lowest BCUT2D eigenvalue weighted by molar-refractivity contribution is -0.140. The Morgan fingerprint density at radius 1 is 1.33 bits per heavy atom. The second-order valence-electron chi connectivity index (χ2n) is 2.79. The van der Waals surface area contributed by atoms with Gasteiger partial charge < -0.3 is 0 Å². The molecule has 0 aliphatic carbocycles. The second kappa shape index (κ2) is 4.18. The van der Waals surface area contributed by atoms with Gasteiger partial charge in [0.1, 0.15) is 5.69 Å². The van der Waals surface area contributed by atoms with Crippen LogP contribution in [0.4, 0.5) is 22.0 Å². The van der Waals surface area contributed by atoms with Gasteiger partial charge in [-0.05, 0) is 35.1 Å². The molecule has 0 bridgehead atoms. The second-order valence-corrected chi connectivity index (χ2v) is 3.95. The van der Waals surface area contributed by atoms with Crippen LogP contribution >= 0.6 is 22.6 Å². The van der Waals surface area contributed by atoms with Crippen LogP contribution in [0.25, 0.3) is 0 Å². The van der Waals surface area contributed by atoms with Gasteiger partial charge in [-0.2, -0.15) is 13.2 Å². The number of hydrogen-bond donors (Lipinski definition) is 0. The van der Waals surface area contributed by atoms with Crippen LogP contribution in [0.1, 0.15) is 23.2 Å². The minimum Gasteiger partial charge on any atom is -0.254 e. The average molecular weight is 337 g/mol. The minimum absolute atomic E-state index is 0.212. The van der Waals surface area contributed by atoms with Gasteiger partial charge >= 0.3 is 6.18 Å². The Morgan fingerprint density at radius 2 is 1.87 bits per heavy atom. The quantitative estimate of drug-likeness (QED) is 0.559. The third-order valence-corrected chi connectivity index (χ3v) is 2.88. The normalized spacial score (nSPS) is 12.3. The first-order valence-electron chi connectivity index (χ1n) is 3.75. The maximum atomic E-state index is 12.5. The lowest BCUT2D eigenvalue weighted by Crippen LogP contribution is -2.14. The molecule has 7 heteroatoms. The van der Waals surface area contributed by atoms with Crippen molar-refractivity contribution in [2.24, 2.45) is 0 Å². The Bertz CT molecular complexity index is 374. The molecule has 1 rings (SSSR count). The molecule has 0 saturated carbocycles. The van der Waals surface area contributed by atoms with Crippen molar-refractivity contribution in [3.63, 3.8) is 0 Å². The van der Waals surface area contributed by atoms with E-state index in [1.54, 1.807) is 22.6 Å². The summed E-state index contributed by atoms with van der Waals surface area (Å²) in [5.41, 5.74) is -2.75. The van der Waals surface area contributed by atoms with Crippen molar-refractivity contribution in [1.29, 1.82) is 0 Å². The molecular formula is C8H5F5IN. The fourth-order valence-corrected chi connectivity index (χ4v) is 1.53. The first-order valence-corrected chi connectivity index (χ1v) is 4.83. The molecule has 0 amide bonds. The molecule has 1 aromatic heterocycles. The van der Waals surface area contributed by atoms with Crippen molar-refractivity contribution in [2.45, 2.75) is 19.5 Å². The lowest BCUT2D eigenvalue weighted by Gasteiger charge is -2.15. The van der Waals surface area contributed by atoms with Crippen molar-refractivity contribution in [2.75, 3.05) is 0 Å². The smallest absolute Gasteiger partial charge is 0.254 e. The molecule has 0 unspecified atom stereocenters. The number of nitrogens with zero attached hydrogens (tertiary/aromatic N) is 1. The van der Waals surface area contributed by atoms with Crippen LogP contribution in [0.2, 0.25) is 0 Å². The minimum atomic E-state index is -4.80. The van der Waals surface area contributed by atoms with Crippen LogP contribution in [0, 0.1) is 10.5 Å². The molecule has 0 N–H and O–H groups in total.